The maximum Gasteiger partial charge on any atom is 0.236 e. The molecule has 0 bridgehead atoms. The Labute approximate surface area is 127 Å². The molecule has 1 amide bonds. The van der Waals surface area contributed by atoms with E-state index in [9.17, 15) is 4.79 Å². The number of piperidine rings is 1. The smallest absolute Gasteiger partial charge is 0.236 e. The highest BCUT2D eigenvalue weighted by molar-refractivity contribution is 5.78. The van der Waals surface area contributed by atoms with Gasteiger partial charge in [0.15, 0.2) is 0 Å². The van der Waals surface area contributed by atoms with E-state index < -0.39 is 0 Å². The largest absolute Gasteiger partial charge is 0.379 e. The molecule has 0 aliphatic carbocycles. The van der Waals surface area contributed by atoms with Crippen molar-refractivity contribution in [3.8, 4) is 0 Å². The number of piperazine rings is 1. The third-order valence-corrected chi connectivity index (χ3v) is 4.15. The molecule has 2 fully saturated rings. The standard InChI is InChI=1S/C15H29N3O3/c1-2-20-11-12-21-14-3-7-18(8-4-14)15(19)13-17-9-5-16-6-10-17/h14,16H,2-13H2,1H3. The van der Waals surface area contributed by atoms with Gasteiger partial charge in [0.1, 0.15) is 0 Å². The molecular formula is C15H29N3O3. The fraction of sp³-hybridized carbons (Fsp3) is 0.933. The summed E-state index contributed by atoms with van der Waals surface area (Å²) >= 11 is 0. The minimum absolute atomic E-state index is 0.268. The summed E-state index contributed by atoms with van der Waals surface area (Å²) in [5.41, 5.74) is 0. The van der Waals surface area contributed by atoms with Gasteiger partial charge in [-0.25, -0.2) is 0 Å². The summed E-state index contributed by atoms with van der Waals surface area (Å²) in [7, 11) is 0. The quantitative estimate of drug-likeness (QED) is 0.667. The number of nitrogens with one attached hydrogen (secondary N) is 1. The van der Waals surface area contributed by atoms with Crippen LogP contribution in [-0.2, 0) is 14.3 Å². The molecule has 0 aromatic heterocycles. The molecule has 0 spiro atoms. The molecule has 2 aliphatic heterocycles. The van der Waals surface area contributed by atoms with Crippen LogP contribution in [0.4, 0.5) is 0 Å². The molecule has 21 heavy (non-hydrogen) atoms. The van der Waals surface area contributed by atoms with Crippen LogP contribution < -0.4 is 5.32 Å². The average molecular weight is 299 g/mol. The molecule has 2 heterocycles. The maximum absolute atomic E-state index is 12.3. The van der Waals surface area contributed by atoms with Gasteiger partial charge in [0.25, 0.3) is 0 Å². The van der Waals surface area contributed by atoms with Gasteiger partial charge in [0.05, 0.1) is 25.9 Å². The minimum Gasteiger partial charge on any atom is -0.379 e. The number of carbonyl (C=O) groups excluding carboxylic acids is 1. The fourth-order valence-electron chi connectivity index (χ4n) is 2.85. The Bertz CT molecular complexity index is 301. The number of likely N-dealkylation sites (tertiary alicyclic amines) is 1. The Kier molecular flexibility index (Phi) is 7.43. The van der Waals surface area contributed by atoms with E-state index in [0.29, 0.717) is 19.8 Å². The summed E-state index contributed by atoms with van der Waals surface area (Å²) in [6, 6.07) is 0. The molecule has 2 aliphatic rings. The van der Waals surface area contributed by atoms with E-state index in [1.165, 1.54) is 0 Å². The molecule has 0 aromatic carbocycles. The fourth-order valence-corrected chi connectivity index (χ4v) is 2.85. The molecule has 0 saturated carbocycles. The molecule has 1 N–H and O–H groups in total. The lowest BCUT2D eigenvalue weighted by Gasteiger charge is -2.34. The highest BCUT2D eigenvalue weighted by Gasteiger charge is 2.24. The lowest BCUT2D eigenvalue weighted by molar-refractivity contribution is -0.135. The number of rotatable bonds is 7. The first kappa shape index (κ1) is 16.7. The molecule has 122 valence electrons. The van der Waals surface area contributed by atoms with Crippen molar-refractivity contribution in [1.82, 2.24) is 15.1 Å². The van der Waals surface area contributed by atoms with Crippen molar-refractivity contribution in [2.45, 2.75) is 25.9 Å². The molecule has 0 radical (unpaired) electrons. The zero-order chi connectivity index (χ0) is 14.9. The van der Waals surface area contributed by atoms with Crippen molar-refractivity contribution in [3.05, 3.63) is 0 Å². The van der Waals surface area contributed by atoms with Crippen LogP contribution in [0.25, 0.3) is 0 Å². The second kappa shape index (κ2) is 9.35. The molecular weight excluding hydrogens is 270 g/mol. The predicted octanol–water partition coefficient (Wildman–Crippen LogP) is -0.0643. The van der Waals surface area contributed by atoms with Gasteiger partial charge in [-0.2, -0.15) is 0 Å². The average Bonchev–Trinajstić information content (AvgIpc) is 2.53. The van der Waals surface area contributed by atoms with Crippen LogP contribution in [0.5, 0.6) is 0 Å². The van der Waals surface area contributed by atoms with E-state index in [1.54, 1.807) is 0 Å². The first-order valence-corrected chi connectivity index (χ1v) is 8.19. The summed E-state index contributed by atoms with van der Waals surface area (Å²) in [6.45, 7) is 10.2. The van der Waals surface area contributed by atoms with Crippen molar-refractivity contribution in [2.75, 3.05) is 65.6 Å². The molecule has 6 heteroatoms. The number of ether oxygens (including phenoxy) is 2. The van der Waals surface area contributed by atoms with Crippen molar-refractivity contribution in [1.29, 1.82) is 0 Å². The number of amides is 1. The second-order valence-corrected chi connectivity index (χ2v) is 5.67. The van der Waals surface area contributed by atoms with E-state index in [1.807, 2.05) is 11.8 Å². The molecule has 2 rings (SSSR count). The first-order chi connectivity index (χ1) is 10.3. The number of hydrogen-bond donors (Lipinski definition) is 1. The van der Waals surface area contributed by atoms with Crippen molar-refractivity contribution >= 4 is 5.91 Å². The second-order valence-electron chi connectivity index (χ2n) is 5.67. The van der Waals surface area contributed by atoms with Gasteiger partial charge in [0, 0.05) is 45.9 Å². The van der Waals surface area contributed by atoms with Crippen LogP contribution in [0.2, 0.25) is 0 Å². The third kappa shape index (κ3) is 5.90. The molecule has 0 aromatic rings. The normalized spacial score (nSPS) is 21.7. The summed E-state index contributed by atoms with van der Waals surface area (Å²) < 4.78 is 11.0. The topological polar surface area (TPSA) is 54.0 Å². The number of carbonyl (C=O) groups is 1. The third-order valence-electron chi connectivity index (χ3n) is 4.15. The van der Waals surface area contributed by atoms with Gasteiger partial charge in [-0.15, -0.1) is 0 Å². The van der Waals surface area contributed by atoms with E-state index in [2.05, 4.69) is 10.2 Å². The summed E-state index contributed by atoms with van der Waals surface area (Å²) in [4.78, 5) is 16.5. The monoisotopic (exact) mass is 299 g/mol. The number of nitrogens with zero attached hydrogens (tertiary/aromatic N) is 2. The van der Waals surface area contributed by atoms with Gasteiger partial charge in [-0.3, -0.25) is 9.69 Å². The lowest BCUT2D eigenvalue weighted by atomic mass is 10.1. The van der Waals surface area contributed by atoms with E-state index >= 15 is 0 Å². The predicted molar refractivity (Wildman–Crippen MR) is 81.4 cm³/mol. The Balaban J connectivity index is 1.60. The zero-order valence-electron chi connectivity index (χ0n) is 13.2. The summed E-state index contributed by atoms with van der Waals surface area (Å²) in [6.07, 6.45) is 2.17. The first-order valence-electron chi connectivity index (χ1n) is 8.19. The van der Waals surface area contributed by atoms with Crippen LogP contribution in [0.1, 0.15) is 19.8 Å². The van der Waals surface area contributed by atoms with Crippen molar-refractivity contribution in [3.63, 3.8) is 0 Å². The molecule has 0 unspecified atom stereocenters. The zero-order valence-corrected chi connectivity index (χ0v) is 13.2. The van der Waals surface area contributed by atoms with Gasteiger partial charge < -0.3 is 19.7 Å². The summed E-state index contributed by atoms with van der Waals surface area (Å²) in [5, 5.41) is 3.31. The van der Waals surface area contributed by atoms with Crippen LogP contribution >= 0.6 is 0 Å². The molecule has 2 saturated heterocycles. The Morgan fingerprint density at radius 3 is 2.52 bits per heavy atom. The van der Waals surface area contributed by atoms with Crippen molar-refractivity contribution in [2.24, 2.45) is 0 Å². The Hall–Kier alpha value is -0.690. The maximum atomic E-state index is 12.3. The van der Waals surface area contributed by atoms with E-state index in [-0.39, 0.29) is 12.0 Å². The lowest BCUT2D eigenvalue weighted by Crippen LogP contribution is -2.50. The van der Waals surface area contributed by atoms with Gasteiger partial charge in [-0.1, -0.05) is 0 Å². The highest BCUT2D eigenvalue weighted by atomic mass is 16.5. The Morgan fingerprint density at radius 1 is 1.14 bits per heavy atom. The van der Waals surface area contributed by atoms with E-state index in [4.69, 9.17) is 9.47 Å². The van der Waals surface area contributed by atoms with Gasteiger partial charge >= 0.3 is 0 Å². The molecule has 6 nitrogen and oxygen atoms in total. The highest BCUT2D eigenvalue weighted by Crippen LogP contribution is 2.14. The minimum atomic E-state index is 0.268. The summed E-state index contributed by atoms with van der Waals surface area (Å²) in [5.74, 6) is 0.268. The van der Waals surface area contributed by atoms with Crippen LogP contribution in [0, 0.1) is 0 Å². The van der Waals surface area contributed by atoms with Gasteiger partial charge in [0.2, 0.25) is 5.91 Å². The van der Waals surface area contributed by atoms with Crippen LogP contribution in [0.3, 0.4) is 0 Å². The number of hydrogen-bond acceptors (Lipinski definition) is 5. The van der Waals surface area contributed by atoms with Crippen LogP contribution in [0.15, 0.2) is 0 Å². The SMILES string of the molecule is CCOCCOC1CCN(C(=O)CN2CCNCC2)CC1. The van der Waals surface area contributed by atoms with Gasteiger partial charge in [-0.05, 0) is 19.8 Å². The Morgan fingerprint density at radius 2 is 1.86 bits per heavy atom. The molecule has 0 atom stereocenters. The van der Waals surface area contributed by atoms with Crippen molar-refractivity contribution < 1.29 is 14.3 Å². The van der Waals surface area contributed by atoms with E-state index in [0.717, 1.165) is 58.7 Å². The van der Waals surface area contributed by atoms with Crippen LogP contribution in [-0.4, -0.2) is 87.4 Å².